The Morgan fingerprint density at radius 1 is 1.38 bits per heavy atom. The van der Waals surface area contributed by atoms with E-state index in [9.17, 15) is 0 Å². The summed E-state index contributed by atoms with van der Waals surface area (Å²) < 4.78 is 0. The summed E-state index contributed by atoms with van der Waals surface area (Å²) in [6.45, 7) is 2.01. The SMILES string of the molecule is CNC(c1ncc(C)cn1)C1CC1. The van der Waals surface area contributed by atoms with Gasteiger partial charge in [0.2, 0.25) is 0 Å². The zero-order valence-electron chi connectivity index (χ0n) is 8.12. The number of nitrogens with zero attached hydrogens (tertiary/aromatic N) is 2. The van der Waals surface area contributed by atoms with Crippen LogP contribution in [0.5, 0.6) is 0 Å². The van der Waals surface area contributed by atoms with Gasteiger partial charge < -0.3 is 5.32 Å². The minimum atomic E-state index is 0.362. The van der Waals surface area contributed by atoms with Crippen LogP contribution < -0.4 is 5.32 Å². The molecule has 0 aliphatic heterocycles. The van der Waals surface area contributed by atoms with Crippen molar-refractivity contribution in [3.05, 3.63) is 23.8 Å². The van der Waals surface area contributed by atoms with E-state index in [-0.39, 0.29) is 0 Å². The third-order valence-corrected chi connectivity index (χ3v) is 2.48. The fraction of sp³-hybridized carbons (Fsp3) is 0.600. The van der Waals surface area contributed by atoms with E-state index in [0.29, 0.717) is 6.04 Å². The Bertz CT molecular complexity index is 277. The molecule has 1 N–H and O–H groups in total. The lowest BCUT2D eigenvalue weighted by Crippen LogP contribution is -2.20. The molecule has 0 saturated heterocycles. The van der Waals surface area contributed by atoms with Crippen molar-refractivity contribution < 1.29 is 0 Å². The van der Waals surface area contributed by atoms with Gasteiger partial charge in [-0.1, -0.05) is 0 Å². The van der Waals surface area contributed by atoms with E-state index in [0.717, 1.165) is 17.3 Å². The first kappa shape index (κ1) is 8.63. The maximum Gasteiger partial charge on any atom is 0.145 e. The van der Waals surface area contributed by atoms with Crippen molar-refractivity contribution in [2.24, 2.45) is 5.92 Å². The van der Waals surface area contributed by atoms with Crippen LogP contribution in [0, 0.1) is 12.8 Å². The molecule has 0 bridgehead atoms. The lowest BCUT2D eigenvalue weighted by molar-refractivity contribution is 0.499. The van der Waals surface area contributed by atoms with Crippen molar-refractivity contribution in [1.29, 1.82) is 0 Å². The van der Waals surface area contributed by atoms with Crippen LogP contribution in [0.3, 0.4) is 0 Å². The Balaban J connectivity index is 2.17. The lowest BCUT2D eigenvalue weighted by Gasteiger charge is -2.12. The molecule has 1 aliphatic carbocycles. The average molecular weight is 177 g/mol. The molecule has 13 heavy (non-hydrogen) atoms. The minimum Gasteiger partial charge on any atom is -0.310 e. The van der Waals surface area contributed by atoms with Crippen molar-refractivity contribution in [2.75, 3.05) is 7.05 Å². The fourth-order valence-corrected chi connectivity index (χ4v) is 1.57. The topological polar surface area (TPSA) is 37.8 Å². The van der Waals surface area contributed by atoms with Crippen LogP contribution in [-0.4, -0.2) is 17.0 Å². The van der Waals surface area contributed by atoms with Gasteiger partial charge in [0.25, 0.3) is 0 Å². The van der Waals surface area contributed by atoms with E-state index in [1.54, 1.807) is 0 Å². The summed E-state index contributed by atoms with van der Waals surface area (Å²) in [5.74, 6) is 1.70. The molecule has 1 aromatic heterocycles. The fourth-order valence-electron chi connectivity index (χ4n) is 1.57. The molecule has 1 heterocycles. The van der Waals surface area contributed by atoms with Gasteiger partial charge in [0.1, 0.15) is 5.82 Å². The first-order valence-electron chi connectivity index (χ1n) is 4.77. The maximum absolute atomic E-state index is 4.34. The van der Waals surface area contributed by atoms with Crippen LogP contribution in [0.1, 0.15) is 30.3 Å². The van der Waals surface area contributed by atoms with E-state index < -0.39 is 0 Å². The number of aryl methyl sites for hydroxylation is 1. The predicted molar refractivity (Wildman–Crippen MR) is 51.3 cm³/mol. The highest BCUT2D eigenvalue weighted by Crippen LogP contribution is 2.39. The first-order chi connectivity index (χ1) is 6.31. The molecule has 70 valence electrons. The van der Waals surface area contributed by atoms with Crippen LogP contribution >= 0.6 is 0 Å². The standard InChI is InChI=1S/C10H15N3/c1-7-5-12-10(13-6-7)9(11-2)8-3-4-8/h5-6,8-9,11H,3-4H2,1-2H3. The van der Waals surface area contributed by atoms with Crippen LogP contribution in [0.25, 0.3) is 0 Å². The number of hydrogen-bond donors (Lipinski definition) is 1. The summed E-state index contributed by atoms with van der Waals surface area (Å²) in [7, 11) is 1.98. The summed E-state index contributed by atoms with van der Waals surface area (Å²) >= 11 is 0. The van der Waals surface area contributed by atoms with E-state index >= 15 is 0 Å². The number of rotatable bonds is 3. The van der Waals surface area contributed by atoms with Crippen molar-refractivity contribution in [3.8, 4) is 0 Å². The van der Waals surface area contributed by atoms with Crippen molar-refractivity contribution >= 4 is 0 Å². The third-order valence-electron chi connectivity index (χ3n) is 2.48. The second kappa shape index (κ2) is 3.42. The van der Waals surface area contributed by atoms with Gasteiger partial charge >= 0.3 is 0 Å². The van der Waals surface area contributed by atoms with Crippen LogP contribution in [0.15, 0.2) is 12.4 Å². The summed E-state index contributed by atoms with van der Waals surface area (Å²) in [6.07, 6.45) is 6.38. The Morgan fingerprint density at radius 3 is 2.46 bits per heavy atom. The van der Waals surface area contributed by atoms with Crippen molar-refractivity contribution in [2.45, 2.75) is 25.8 Å². The molecule has 3 nitrogen and oxygen atoms in total. The average Bonchev–Trinajstić information content (AvgIpc) is 2.93. The highest BCUT2D eigenvalue weighted by molar-refractivity contribution is 5.07. The molecule has 1 aliphatic rings. The molecule has 0 aromatic carbocycles. The highest BCUT2D eigenvalue weighted by atomic mass is 15.0. The summed E-state index contributed by atoms with van der Waals surface area (Å²) in [4.78, 5) is 8.67. The van der Waals surface area contributed by atoms with Gasteiger partial charge in [-0.15, -0.1) is 0 Å². The van der Waals surface area contributed by atoms with Gasteiger partial charge in [0.05, 0.1) is 6.04 Å². The summed E-state index contributed by atoms with van der Waals surface area (Å²) in [5, 5.41) is 3.27. The van der Waals surface area contributed by atoms with Crippen LogP contribution in [0.2, 0.25) is 0 Å². The Labute approximate surface area is 78.6 Å². The molecule has 0 spiro atoms. The Hall–Kier alpha value is -0.960. The minimum absolute atomic E-state index is 0.362. The van der Waals surface area contributed by atoms with E-state index in [2.05, 4.69) is 15.3 Å². The van der Waals surface area contributed by atoms with Gasteiger partial charge in [0, 0.05) is 12.4 Å². The van der Waals surface area contributed by atoms with Gasteiger partial charge in [-0.2, -0.15) is 0 Å². The Kier molecular flexibility index (Phi) is 2.27. The van der Waals surface area contributed by atoms with E-state index in [1.807, 2.05) is 26.4 Å². The molecule has 1 fully saturated rings. The van der Waals surface area contributed by atoms with Gasteiger partial charge in [-0.05, 0) is 38.3 Å². The number of nitrogens with one attached hydrogen (secondary N) is 1. The lowest BCUT2D eigenvalue weighted by atomic mass is 10.2. The van der Waals surface area contributed by atoms with Crippen LogP contribution in [-0.2, 0) is 0 Å². The van der Waals surface area contributed by atoms with E-state index in [4.69, 9.17) is 0 Å². The zero-order valence-corrected chi connectivity index (χ0v) is 8.12. The molecule has 0 radical (unpaired) electrons. The van der Waals surface area contributed by atoms with Crippen LogP contribution in [0.4, 0.5) is 0 Å². The summed E-state index contributed by atoms with van der Waals surface area (Å²) in [5.41, 5.74) is 1.12. The normalized spacial score (nSPS) is 18.6. The molecular formula is C10H15N3. The van der Waals surface area contributed by atoms with Crippen molar-refractivity contribution in [1.82, 2.24) is 15.3 Å². The monoisotopic (exact) mass is 177 g/mol. The quantitative estimate of drug-likeness (QED) is 0.759. The second-order valence-corrected chi connectivity index (χ2v) is 3.72. The van der Waals surface area contributed by atoms with Gasteiger partial charge in [0.15, 0.2) is 0 Å². The molecule has 1 saturated carbocycles. The Morgan fingerprint density at radius 2 is 2.00 bits per heavy atom. The van der Waals surface area contributed by atoms with Crippen molar-refractivity contribution in [3.63, 3.8) is 0 Å². The molecule has 2 rings (SSSR count). The van der Waals surface area contributed by atoms with Gasteiger partial charge in [-0.25, -0.2) is 9.97 Å². The molecule has 1 atom stereocenters. The largest absolute Gasteiger partial charge is 0.310 e. The maximum atomic E-state index is 4.34. The van der Waals surface area contributed by atoms with E-state index in [1.165, 1.54) is 12.8 Å². The smallest absolute Gasteiger partial charge is 0.145 e. The second-order valence-electron chi connectivity index (χ2n) is 3.72. The van der Waals surface area contributed by atoms with Gasteiger partial charge in [-0.3, -0.25) is 0 Å². The molecule has 3 heteroatoms. The highest BCUT2D eigenvalue weighted by Gasteiger charge is 2.32. The number of hydrogen-bond acceptors (Lipinski definition) is 3. The number of aromatic nitrogens is 2. The first-order valence-corrected chi connectivity index (χ1v) is 4.77. The molecule has 1 aromatic rings. The third kappa shape index (κ3) is 1.86. The zero-order chi connectivity index (χ0) is 9.26. The molecule has 1 unspecified atom stereocenters. The molecule has 0 amide bonds. The molecular weight excluding hydrogens is 162 g/mol. The summed E-state index contributed by atoms with van der Waals surface area (Å²) in [6, 6.07) is 0.362. The predicted octanol–water partition coefficient (Wildman–Crippen LogP) is 1.46.